The third-order valence-electron chi connectivity index (χ3n) is 5.19. The molecule has 0 saturated heterocycles. The Kier molecular flexibility index (Phi) is 3.92. The molecule has 140 valence electrons. The second kappa shape index (κ2) is 6.06. The maximum absolute atomic E-state index is 12.9. The summed E-state index contributed by atoms with van der Waals surface area (Å²) in [6, 6.07) is 5.71. The normalized spacial score (nSPS) is 17.7. The van der Waals surface area contributed by atoms with Crippen molar-refractivity contribution in [3.8, 4) is 0 Å². The predicted molar refractivity (Wildman–Crippen MR) is 104 cm³/mol. The van der Waals surface area contributed by atoms with Gasteiger partial charge in [-0.2, -0.15) is 5.10 Å². The Morgan fingerprint density at radius 3 is 2.89 bits per heavy atom. The highest BCUT2D eigenvalue weighted by Gasteiger charge is 2.38. The summed E-state index contributed by atoms with van der Waals surface area (Å²) in [6.45, 7) is 4.10. The molecule has 1 aliphatic carbocycles. The molecule has 0 bridgehead atoms. The molecule has 2 aromatic heterocycles. The van der Waals surface area contributed by atoms with Gasteiger partial charge in [0, 0.05) is 26.5 Å². The Morgan fingerprint density at radius 2 is 2.15 bits per heavy atom. The first-order chi connectivity index (χ1) is 12.8. The first-order valence-electron chi connectivity index (χ1n) is 8.90. The number of amides is 1. The highest BCUT2D eigenvalue weighted by molar-refractivity contribution is 6.09. The van der Waals surface area contributed by atoms with E-state index in [1.54, 1.807) is 23.0 Å². The monoisotopic (exact) mass is 365 g/mol. The zero-order valence-electron chi connectivity index (χ0n) is 15.9. The summed E-state index contributed by atoms with van der Waals surface area (Å²) in [5.41, 5.74) is 4.26. The summed E-state index contributed by atoms with van der Waals surface area (Å²) in [7, 11) is 3.83. The average molecular weight is 365 g/mol. The van der Waals surface area contributed by atoms with Crippen molar-refractivity contribution in [2.24, 2.45) is 5.41 Å². The van der Waals surface area contributed by atoms with Crippen LogP contribution in [-0.2, 0) is 6.42 Å². The Bertz CT molecular complexity index is 1040. The van der Waals surface area contributed by atoms with Gasteiger partial charge in [-0.25, -0.2) is 9.50 Å². The summed E-state index contributed by atoms with van der Waals surface area (Å²) >= 11 is 0. The smallest absolute Gasteiger partial charge is 0.261 e. The first-order valence-corrected chi connectivity index (χ1v) is 8.90. The van der Waals surface area contributed by atoms with Gasteiger partial charge < -0.3 is 15.3 Å². The van der Waals surface area contributed by atoms with E-state index >= 15 is 0 Å². The molecule has 0 saturated carbocycles. The second-order valence-electron chi connectivity index (χ2n) is 7.93. The molecule has 1 aliphatic rings. The van der Waals surface area contributed by atoms with Crippen LogP contribution in [0.4, 0.5) is 11.4 Å². The van der Waals surface area contributed by atoms with Gasteiger partial charge >= 0.3 is 0 Å². The molecule has 7 nitrogen and oxygen atoms in total. The number of aliphatic hydroxyl groups excluding tert-OH is 1. The number of carbonyl (C=O) groups excluding carboxylic acids is 1. The van der Waals surface area contributed by atoms with Gasteiger partial charge in [-0.3, -0.25) is 4.79 Å². The summed E-state index contributed by atoms with van der Waals surface area (Å²) in [5, 5.41) is 17.8. The Balaban J connectivity index is 1.73. The molecule has 7 heteroatoms. The maximum atomic E-state index is 12.9. The fourth-order valence-electron chi connectivity index (χ4n) is 3.71. The zero-order valence-corrected chi connectivity index (χ0v) is 15.9. The molecule has 0 fully saturated rings. The van der Waals surface area contributed by atoms with E-state index in [9.17, 15) is 9.90 Å². The summed E-state index contributed by atoms with van der Waals surface area (Å²) < 4.78 is 1.57. The number of rotatable bonds is 3. The number of nitrogens with zero attached hydrogens (tertiary/aromatic N) is 4. The number of benzene rings is 1. The van der Waals surface area contributed by atoms with E-state index in [-0.39, 0.29) is 11.3 Å². The lowest BCUT2D eigenvalue weighted by Gasteiger charge is -2.23. The number of nitrogens with one attached hydrogen (secondary N) is 1. The van der Waals surface area contributed by atoms with Crippen LogP contribution in [0.2, 0.25) is 0 Å². The van der Waals surface area contributed by atoms with Crippen LogP contribution in [0.3, 0.4) is 0 Å². The van der Waals surface area contributed by atoms with E-state index in [1.165, 1.54) is 6.20 Å². The molecular weight excluding hydrogens is 342 g/mol. The van der Waals surface area contributed by atoms with Crippen molar-refractivity contribution in [2.45, 2.75) is 26.4 Å². The number of carbonyl (C=O) groups is 1. The lowest BCUT2D eigenvalue weighted by atomic mass is 9.87. The molecule has 27 heavy (non-hydrogen) atoms. The van der Waals surface area contributed by atoms with Crippen LogP contribution in [0.1, 0.15) is 41.4 Å². The fraction of sp³-hybridized carbons (Fsp3) is 0.350. The van der Waals surface area contributed by atoms with Crippen molar-refractivity contribution >= 4 is 22.9 Å². The molecule has 4 rings (SSSR count). The van der Waals surface area contributed by atoms with Gasteiger partial charge in [0.25, 0.3) is 5.91 Å². The molecule has 1 unspecified atom stereocenters. The SMILES string of the molecule is CN(C)c1cc2c(cc1NC(=O)c1cnn3cccnc13)CC(C)(C)C2O. The largest absolute Gasteiger partial charge is 0.388 e. The van der Waals surface area contributed by atoms with Crippen LogP contribution in [0, 0.1) is 5.41 Å². The molecule has 0 spiro atoms. The molecule has 2 N–H and O–H groups in total. The van der Waals surface area contributed by atoms with Crippen LogP contribution in [-0.4, -0.2) is 39.7 Å². The van der Waals surface area contributed by atoms with Gasteiger partial charge in [0.15, 0.2) is 5.65 Å². The third kappa shape index (κ3) is 2.84. The minimum Gasteiger partial charge on any atom is -0.388 e. The van der Waals surface area contributed by atoms with E-state index in [4.69, 9.17) is 0 Å². The van der Waals surface area contributed by atoms with Crippen molar-refractivity contribution < 1.29 is 9.90 Å². The van der Waals surface area contributed by atoms with Crippen LogP contribution < -0.4 is 10.2 Å². The van der Waals surface area contributed by atoms with Gasteiger partial charge in [0.05, 0.1) is 23.7 Å². The minimum absolute atomic E-state index is 0.221. The fourth-order valence-corrected chi connectivity index (χ4v) is 3.71. The molecule has 1 aromatic carbocycles. The summed E-state index contributed by atoms with van der Waals surface area (Å²) in [4.78, 5) is 19.1. The lowest BCUT2D eigenvalue weighted by Crippen LogP contribution is -2.18. The van der Waals surface area contributed by atoms with E-state index in [1.807, 2.05) is 31.1 Å². The van der Waals surface area contributed by atoms with Gasteiger partial charge in [0.2, 0.25) is 0 Å². The topological polar surface area (TPSA) is 82.8 Å². The number of hydrogen-bond acceptors (Lipinski definition) is 5. The van der Waals surface area contributed by atoms with Crippen molar-refractivity contribution in [3.63, 3.8) is 0 Å². The van der Waals surface area contributed by atoms with Crippen molar-refractivity contribution in [1.29, 1.82) is 0 Å². The number of anilines is 2. The number of hydrogen-bond donors (Lipinski definition) is 2. The van der Waals surface area contributed by atoms with E-state index in [0.29, 0.717) is 16.9 Å². The molecular formula is C20H23N5O2. The number of aromatic nitrogens is 3. The number of fused-ring (bicyclic) bond motifs is 2. The van der Waals surface area contributed by atoms with Crippen LogP contribution in [0.25, 0.3) is 5.65 Å². The van der Waals surface area contributed by atoms with Crippen molar-refractivity contribution in [2.75, 3.05) is 24.3 Å². The maximum Gasteiger partial charge on any atom is 0.261 e. The van der Waals surface area contributed by atoms with Crippen LogP contribution in [0.15, 0.2) is 36.8 Å². The zero-order chi connectivity index (χ0) is 19.3. The molecule has 0 aliphatic heterocycles. The standard InChI is InChI=1S/C20H23N5O2/c1-20(2)10-12-8-15(16(24(3)4)9-13(12)17(20)26)23-19(27)14-11-22-25-7-5-6-21-18(14)25/h5-9,11,17,26H,10H2,1-4H3,(H,23,27). The van der Waals surface area contributed by atoms with Crippen LogP contribution >= 0.6 is 0 Å². The average Bonchev–Trinajstić information content (AvgIpc) is 3.13. The summed E-state index contributed by atoms with van der Waals surface area (Å²) in [6.07, 6.45) is 5.16. The molecule has 2 heterocycles. The first kappa shape index (κ1) is 17.5. The van der Waals surface area contributed by atoms with Gasteiger partial charge in [-0.1, -0.05) is 13.8 Å². The second-order valence-corrected chi connectivity index (χ2v) is 7.93. The van der Waals surface area contributed by atoms with E-state index < -0.39 is 6.10 Å². The Hall–Kier alpha value is -2.93. The molecule has 1 amide bonds. The third-order valence-corrected chi connectivity index (χ3v) is 5.19. The minimum atomic E-state index is -0.514. The van der Waals surface area contributed by atoms with Gasteiger partial charge in [-0.05, 0) is 41.2 Å². The quantitative estimate of drug-likeness (QED) is 0.746. The Labute approximate surface area is 157 Å². The molecule has 0 radical (unpaired) electrons. The van der Waals surface area contributed by atoms with Crippen LogP contribution in [0.5, 0.6) is 0 Å². The lowest BCUT2D eigenvalue weighted by molar-refractivity contribution is 0.0666. The highest BCUT2D eigenvalue weighted by atomic mass is 16.3. The van der Waals surface area contributed by atoms with E-state index in [2.05, 4.69) is 29.2 Å². The molecule has 1 atom stereocenters. The Morgan fingerprint density at radius 1 is 1.37 bits per heavy atom. The van der Waals surface area contributed by atoms with Gasteiger partial charge in [0.1, 0.15) is 5.56 Å². The van der Waals surface area contributed by atoms with Gasteiger partial charge in [-0.15, -0.1) is 0 Å². The van der Waals surface area contributed by atoms with Crippen molar-refractivity contribution in [1.82, 2.24) is 14.6 Å². The predicted octanol–water partition coefficient (Wildman–Crippen LogP) is 2.66. The van der Waals surface area contributed by atoms with E-state index in [0.717, 1.165) is 23.2 Å². The summed E-state index contributed by atoms with van der Waals surface area (Å²) in [5.74, 6) is -0.260. The van der Waals surface area contributed by atoms with Crippen molar-refractivity contribution in [3.05, 3.63) is 53.5 Å². The molecule has 3 aromatic rings. The number of aliphatic hydroxyl groups is 1. The highest BCUT2D eigenvalue weighted by Crippen LogP contribution is 2.47.